The molecule has 3 aromatic rings. The van der Waals surface area contributed by atoms with Gasteiger partial charge in [0.25, 0.3) is 0 Å². The van der Waals surface area contributed by atoms with E-state index in [-0.39, 0.29) is 10.9 Å². The second kappa shape index (κ2) is 6.46. The molecule has 138 valence electrons. The van der Waals surface area contributed by atoms with Crippen LogP contribution >= 0.6 is 0 Å². The Morgan fingerprint density at radius 1 is 1.00 bits per heavy atom. The lowest BCUT2D eigenvalue weighted by molar-refractivity contribution is -0.140. The van der Waals surface area contributed by atoms with E-state index < -0.39 is 11.9 Å². The Bertz CT molecular complexity index is 997. The predicted octanol–water partition coefficient (Wildman–Crippen LogP) is 3.99. The van der Waals surface area contributed by atoms with Crippen LogP contribution in [0.5, 0.6) is 0 Å². The Morgan fingerprint density at radius 2 is 1.77 bits per heavy atom. The molecule has 7 heteroatoms. The summed E-state index contributed by atoms with van der Waals surface area (Å²) < 4.78 is 42.4. The van der Waals surface area contributed by atoms with Gasteiger partial charge >= 0.3 is 6.18 Å². The minimum Gasteiger partial charge on any atom is -0.356 e. The number of piperidine rings is 1. The standard InChI is InChI=1S/C19H20F3N3O/c20-19(21,22)18-17-15(6-7-23-18)14-5-4-13(26)12-16(14)25(17)11-10-24-8-2-1-3-9-24/h4-7,12,23H,1-3,8-11H2. The lowest BCUT2D eigenvalue weighted by Crippen LogP contribution is -2.32. The van der Waals surface area contributed by atoms with Crippen LogP contribution in [0.25, 0.3) is 21.8 Å². The first kappa shape index (κ1) is 17.1. The molecule has 1 aromatic carbocycles. The Morgan fingerprint density at radius 3 is 2.50 bits per heavy atom. The topological polar surface area (TPSA) is 41.0 Å². The molecule has 0 aliphatic carbocycles. The molecule has 0 spiro atoms. The highest BCUT2D eigenvalue weighted by Crippen LogP contribution is 2.37. The minimum atomic E-state index is -4.49. The number of alkyl halides is 3. The molecule has 1 aliphatic rings. The van der Waals surface area contributed by atoms with Crippen LogP contribution in [0.15, 0.2) is 35.3 Å². The normalized spacial score (nSPS) is 16.6. The van der Waals surface area contributed by atoms with E-state index in [1.165, 1.54) is 24.8 Å². The largest absolute Gasteiger partial charge is 0.433 e. The van der Waals surface area contributed by atoms with Gasteiger partial charge in [0.1, 0.15) is 5.69 Å². The number of nitrogens with one attached hydrogen (secondary N) is 1. The maximum absolute atomic E-state index is 13.6. The van der Waals surface area contributed by atoms with Gasteiger partial charge in [0.05, 0.1) is 11.0 Å². The second-order valence-corrected chi connectivity index (χ2v) is 6.85. The summed E-state index contributed by atoms with van der Waals surface area (Å²) in [5.41, 5.74) is -0.276. The number of fused-ring (bicyclic) bond motifs is 3. The summed E-state index contributed by atoms with van der Waals surface area (Å²) in [4.78, 5) is 16.5. The first-order valence-corrected chi connectivity index (χ1v) is 8.88. The summed E-state index contributed by atoms with van der Waals surface area (Å²) in [6, 6.07) is 6.11. The van der Waals surface area contributed by atoms with Crippen molar-refractivity contribution in [1.29, 1.82) is 0 Å². The Kier molecular flexibility index (Phi) is 4.26. The smallest absolute Gasteiger partial charge is 0.356 e. The zero-order chi connectivity index (χ0) is 18.3. The van der Waals surface area contributed by atoms with Crippen LogP contribution in [-0.4, -0.2) is 34.1 Å². The number of pyridine rings is 1. The maximum atomic E-state index is 13.6. The average molecular weight is 363 g/mol. The van der Waals surface area contributed by atoms with Crippen LogP contribution in [0, 0.1) is 0 Å². The molecule has 1 aliphatic heterocycles. The van der Waals surface area contributed by atoms with Crippen molar-refractivity contribution in [3.05, 3.63) is 46.4 Å². The zero-order valence-electron chi connectivity index (χ0n) is 14.3. The molecule has 0 bridgehead atoms. The molecule has 0 saturated carbocycles. The van der Waals surface area contributed by atoms with Gasteiger partial charge in [0, 0.05) is 36.1 Å². The minimum absolute atomic E-state index is 0.123. The van der Waals surface area contributed by atoms with Crippen LogP contribution in [0.3, 0.4) is 0 Å². The van der Waals surface area contributed by atoms with E-state index in [9.17, 15) is 18.0 Å². The average Bonchev–Trinajstić information content (AvgIpc) is 2.92. The van der Waals surface area contributed by atoms with Crippen LogP contribution in [0.4, 0.5) is 13.2 Å². The summed E-state index contributed by atoms with van der Waals surface area (Å²) in [6.07, 6.45) is 0.277. The lowest BCUT2D eigenvalue weighted by Gasteiger charge is -2.27. The van der Waals surface area contributed by atoms with E-state index in [0.29, 0.717) is 29.4 Å². The Hall–Kier alpha value is -2.28. The molecule has 26 heavy (non-hydrogen) atoms. The fraction of sp³-hybridized carbons (Fsp3) is 0.421. The summed E-state index contributed by atoms with van der Waals surface area (Å²) in [7, 11) is 0. The van der Waals surface area contributed by atoms with Crippen LogP contribution in [0.2, 0.25) is 0 Å². The summed E-state index contributed by atoms with van der Waals surface area (Å²) in [5, 5.41) is 1.20. The van der Waals surface area contributed by atoms with Crippen molar-refractivity contribution >= 4 is 21.8 Å². The van der Waals surface area contributed by atoms with Crippen molar-refractivity contribution in [2.24, 2.45) is 0 Å². The van der Waals surface area contributed by atoms with Crippen LogP contribution in [-0.2, 0) is 12.7 Å². The number of likely N-dealkylation sites (tertiary alicyclic amines) is 1. The highest BCUT2D eigenvalue weighted by molar-refractivity contribution is 6.08. The molecule has 2 aromatic heterocycles. The molecule has 4 rings (SSSR count). The first-order chi connectivity index (χ1) is 12.4. The molecule has 1 saturated heterocycles. The van der Waals surface area contributed by atoms with E-state index in [0.717, 1.165) is 25.9 Å². The zero-order valence-corrected chi connectivity index (χ0v) is 14.3. The van der Waals surface area contributed by atoms with Crippen molar-refractivity contribution < 1.29 is 13.2 Å². The molecule has 0 atom stereocenters. The molecule has 0 radical (unpaired) electrons. The third-order valence-electron chi connectivity index (χ3n) is 5.16. The Labute approximate surface area is 148 Å². The van der Waals surface area contributed by atoms with Gasteiger partial charge in [-0.15, -0.1) is 0 Å². The van der Waals surface area contributed by atoms with Crippen molar-refractivity contribution in [1.82, 2.24) is 14.5 Å². The van der Waals surface area contributed by atoms with Crippen molar-refractivity contribution in [2.75, 3.05) is 19.6 Å². The second-order valence-electron chi connectivity index (χ2n) is 6.85. The van der Waals surface area contributed by atoms with Gasteiger partial charge in [0.2, 0.25) is 0 Å². The van der Waals surface area contributed by atoms with E-state index >= 15 is 0 Å². The number of hydrogen-bond acceptors (Lipinski definition) is 2. The SMILES string of the molecule is O=c1ccc2c3cc[nH]c(C(F)(F)F)c3n(CCN3CCCCC3)c2c1. The van der Waals surface area contributed by atoms with Gasteiger partial charge in [-0.1, -0.05) is 6.42 Å². The summed E-state index contributed by atoms with van der Waals surface area (Å²) in [6.45, 7) is 3.04. The number of nitrogens with zero attached hydrogens (tertiary/aromatic N) is 2. The van der Waals surface area contributed by atoms with Gasteiger partial charge in [-0.25, -0.2) is 0 Å². The van der Waals surface area contributed by atoms with E-state index in [1.54, 1.807) is 16.7 Å². The molecule has 0 unspecified atom stereocenters. The third kappa shape index (κ3) is 3.00. The van der Waals surface area contributed by atoms with Crippen molar-refractivity contribution in [2.45, 2.75) is 32.0 Å². The van der Waals surface area contributed by atoms with Crippen LogP contribution in [0.1, 0.15) is 25.0 Å². The number of benzene rings is 1. The Balaban J connectivity index is 1.88. The highest BCUT2D eigenvalue weighted by atomic mass is 19.4. The molecule has 1 fully saturated rings. The van der Waals surface area contributed by atoms with Gasteiger partial charge in [-0.05, 0) is 44.1 Å². The fourth-order valence-electron chi connectivity index (χ4n) is 3.94. The van der Waals surface area contributed by atoms with Crippen LogP contribution < -0.4 is 5.43 Å². The highest BCUT2D eigenvalue weighted by Gasteiger charge is 2.35. The van der Waals surface area contributed by atoms with E-state index in [2.05, 4.69) is 9.88 Å². The number of H-pyrrole nitrogens is 1. The van der Waals surface area contributed by atoms with Gasteiger partial charge in [-0.2, -0.15) is 13.2 Å². The van der Waals surface area contributed by atoms with Gasteiger partial charge < -0.3 is 14.5 Å². The third-order valence-corrected chi connectivity index (χ3v) is 5.16. The molecular weight excluding hydrogens is 343 g/mol. The summed E-state index contributed by atoms with van der Waals surface area (Å²) in [5.74, 6) is 0. The summed E-state index contributed by atoms with van der Waals surface area (Å²) >= 11 is 0. The number of rotatable bonds is 3. The molecule has 1 N–H and O–H groups in total. The fourth-order valence-corrected chi connectivity index (χ4v) is 3.94. The van der Waals surface area contributed by atoms with E-state index in [4.69, 9.17) is 0 Å². The lowest BCUT2D eigenvalue weighted by atomic mass is 10.1. The number of aromatic nitrogens is 2. The van der Waals surface area contributed by atoms with Gasteiger partial charge in [-0.3, -0.25) is 4.79 Å². The number of aromatic amines is 1. The predicted molar refractivity (Wildman–Crippen MR) is 95.4 cm³/mol. The van der Waals surface area contributed by atoms with Gasteiger partial charge in [0.15, 0.2) is 5.43 Å². The van der Waals surface area contributed by atoms with E-state index in [1.807, 2.05) is 0 Å². The maximum Gasteiger partial charge on any atom is 0.433 e. The van der Waals surface area contributed by atoms with Crippen molar-refractivity contribution in [3.63, 3.8) is 0 Å². The molecule has 4 nitrogen and oxygen atoms in total. The number of hydrogen-bond donors (Lipinski definition) is 1. The first-order valence-electron chi connectivity index (χ1n) is 8.88. The quantitative estimate of drug-likeness (QED) is 0.765. The number of halogens is 3. The monoisotopic (exact) mass is 363 g/mol. The molecular formula is C19H20F3N3O. The molecule has 0 amide bonds. The molecule has 3 heterocycles. The van der Waals surface area contributed by atoms with Crippen molar-refractivity contribution in [3.8, 4) is 0 Å².